The average Bonchev–Trinajstić information content (AvgIpc) is 3.20. The van der Waals surface area contributed by atoms with Crippen LogP contribution >= 0.6 is 11.3 Å². The van der Waals surface area contributed by atoms with Crippen LogP contribution < -0.4 is 10.6 Å². The van der Waals surface area contributed by atoms with Crippen LogP contribution in [-0.2, 0) is 19.3 Å². The van der Waals surface area contributed by atoms with Gasteiger partial charge in [0.15, 0.2) is 0 Å². The van der Waals surface area contributed by atoms with E-state index < -0.39 is 0 Å². The number of hydrogen-bond donors (Lipinski definition) is 2. The van der Waals surface area contributed by atoms with Crippen molar-refractivity contribution in [1.82, 2.24) is 15.5 Å². The van der Waals surface area contributed by atoms with Crippen molar-refractivity contribution in [2.75, 3.05) is 20.6 Å². The number of urea groups is 1. The zero-order valence-electron chi connectivity index (χ0n) is 15.2. The Bertz CT molecular complexity index is 686. The third kappa shape index (κ3) is 4.22. The first-order chi connectivity index (χ1) is 12.0. The number of carbonyl (C=O) groups is 1. The zero-order chi connectivity index (χ0) is 17.9. The van der Waals surface area contributed by atoms with Gasteiger partial charge in [0.25, 0.3) is 0 Å². The molecule has 0 aliphatic heterocycles. The monoisotopic (exact) mass is 357 g/mol. The van der Waals surface area contributed by atoms with E-state index in [0.29, 0.717) is 6.54 Å². The van der Waals surface area contributed by atoms with E-state index >= 15 is 0 Å². The molecule has 2 aromatic rings. The fourth-order valence-electron chi connectivity index (χ4n) is 3.61. The van der Waals surface area contributed by atoms with Crippen LogP contribution in [0.25, 0.3) is 0 Å². The Morgan fingerprint density at radius 3 is 2.48 bits per heavy atom. The predicted octanol–water partition coefficient (Wildman–Crippen LogP) is 3.08. The number of fused-ring (bicyclic) bond motifs is 1. The predicted molar refractivity (Wildman–Crippen MR) is 104 cm³/mol. The van der Waals surface area contributed by atoms with Gasteiger partial charge in [-0.15, -0.1) is 0 Å². The molecule has 0 bridgehead atoms. The molecule has 0 saturated carbocycles. The Labute approximate surface area is 154 Å². The van der Waals surface area contributed by atoms with E-state index in [-0.39, 0.29) is 17.6 Å². The molecular weight excluding hydrogens is 330 g/mol. The van der Waals surface area contributed by atoms with Crippen molar-refractivity contribution in [3.05, 3.63) is 57.8 Å². The molecule has 25 heavy (non-hydrogen) atoms. The van der Waals surface area contributed by atoms with Gasteiger partial charge in [0.05, 0.1) is 0 Å². The van der Waals surface area contributed by atoms with Crippen molar-refractivity contribution < 1.29 is 4.79 Å². The quantitative estimate of drug-likeness (QED) is 0.834. The molecule has 0 radical (unpaired) electrons. The van der Waals surface area contributed by atoms with Crippen LogP contribution in [0, 0.1) is 0 Å². The van der Waals surface area contributed by atoms with Crippen molar-refractivity contribution in [1.29, 1.82) is 0 Å². The van der Waals surface area contributed by atoms with Gasteiger partial charge in [0, 0.05) is 18.1 Å². The van der Waals surface area contributed by atoms with E-state index in [0.717, 1.165) is 19.3 Å². The number of nitrogens with zero attached hydrogens (tertiary/aromatic N) is 1. The number of amides is 2. The van der Waals surface area contributed by atoms with E-state index in [4.69, 9.17) is 0 Å². The molecule has 1 aromatic heterocycles. The van der Waals surface area contributed by atoms with Gasteiger partial charge < -0.3 is 15.5 Å². The molecule has 3 rings (SSSR count). The van der Waals surface area contributed by atoms with E-state index in [1.165, 1.54) is 16.7 Å². The first kappa shape index (κ1) is 18.0. The molecule has 0 spiro atoms. The van der Waals surface area contributed by atoms with Gasteiger partial charge in [-0.3, -0.25) is 0 Å². The maximum Gasteiger partial charge on any atom is 0.315 e. The number of rotatable bonds is 6. The third-order valence-corrected chi connectivity index (χ3v) is 5.92. The summed E-state index contributed by atoms with van der Waals surface area (Å²) in [7, 11) is 4.20. The van der Waals surface area contributed by atoms with Gasteiger partial charge >= 0.3 is 6.03 Å². The molecule has 2 N–H and O–H groups in total. The van der Waals surface area contributed by atoms with Crippen molar-refractivity contribution in [2.24, 2.45) is 0 Å². The van der Waals surface area contributed by atoms with Gasteiger partial charge in [-0.2, -0.15) is 11.3 Å². The minimum absolute atomic E-state index is 0.0440. The first-order valence-corrected chi connectivity index (χ1v) is 9.72. The molecule has 1 aromatic carbocycles. The average molecular weight is 358 g/mol. The second-order valence-electron chi connectivity index (χ2n) is 7.30. The summed E-state index contributed by atoms with van der Waals surface area (Å²) < 4.78 is 0. The summed E-state index contributed by atoms with van der Waals surface area (Å²) >= 11 is 1.69. The normalized spacial score (nSPS) is 16.5. The van der Waals surface area contributed by atoms with Gasteiger partial charge in [0.2, 0.25) is 0 Å². The van der Waals surface area contributed by atoms with E-state index in [1.54, 1.807) is 11.3 Å². The highest BCUT2D eigenvalue weighted by Crippen LogP contribution is 2.32. The van der Waals surface area contributed by atoms with Crippen LogP contribution in [0.1, 0.15) is 23.6 Å². The minimum Gasteiger partial charge on any atom is -0.336 e. The lowest BCUT2D eigenvalue weighted by atomic mass is 9.94. The highest BCUT2D eigenvalue weighted by molar-refractivity contribution is 7.07. The van der Waals surface area contributed by atoms with Crippen LogP contribution in [0.4, 0.5) is 4.79 Å². The molecule has 1 atom stereocenters. The summed E-state index contributed by atoms with van der Waals surface area (Å²) in [5.74, 6) is 0. The van der Waals surface area contributed by atoms with Crippen molar-refractivity contribution >= 4 is 17.4 Å². The SMILES string of the molecule is CC(Cc1ccsc1)NC(=O)NCC1(N(C)C)Cc2ccccc2C1. The Balaban J connectivity index is 1.55. The third-order valence-electron chi connectivity index (χ3n) is 5.18. The number of nitrogens with one attached hydrogen (secondary N) is 2. The molecule has 134 valence electrons. The van der Waals surface area contributed by atoms with Gasteiger partial charge in [-0.05, 0) is 73.8 Å². The molecule has 2 amide bonds. The number of likely N-dealkylation sites (N-methyl/N-ethyl adjacent to an activating group) is 1. The number of hydrogen-bond acceptors (Lipinski definition) is 3. The van der Waals surface area contributed by atoms with Crippen molar-refractivity contribution in [2.45, 2.75) is 37.8 Å². The Kier molecular flexibility index (Phi) is 5.45. The number of carbonyl (C=O) groups excluding carboxylic acids is 1. The van der Waals surface area contributed by atoms with Crippen LogP contribution in [0.5, 0.6) is 0 Å². The summed E-state index contributed by atoms with van der Waals surface area (Å²) in [5, 5.41) is 10.4. The topological polar surface area (TPSA) is 44.4 Å². The lowest BCUT2D eigenvalue weighted by molar-refractivity contribution is 0.157. The molecule has 5 heteroatoms. The molecule has 0 saturated heterocycles. The smallest absolute Gasteiger partial charge is 0.315 e. The summed E-state index contributed by atoms with van der Waals surface area (Å²) in [6.45, 7) is 2.69. The maximum absolute atomic E-state index is 12.3. The fourth-order valence-corrected chi connectivity index (χ4v) is 4.29. The largest absolute Gasteiger partial charge is 0.336 e. The molecule has 1 aliphatic rings. The molecule has 1 aliphatic carbocycles. The molecule has 0 fully saturated rings. The summed E-state index contributed by atoms with van der Waals surface area (Å²) in [4.78, 5) is 14.6. The summed E-state index contributed by atoms with van der Waals surface area (Å²) in [6, 6.07) is 10.7. The second-order valence-corrected chi connectivity index (χ2v) is 8.08. The standard InChI is InChI=1S/C20H27N3OS/c1-15(10-16-8-9-25-13-16)22-19(24)21-14-20(23(2)3)11-17-6-4-5-7-18(17)12-20/h4-9,13,15H,10-12,14H2,1-3H3,(H2,21,22,24). The van der Waals surface area contributed by atoms with E-state index in [1.807, 2.05) is 6.92 Å². The van der Waals surface area contributed by atoms with Crippen LogP contribution in [-0.4, -0.2) is 43.2 Å². The maximum atomic E-state index is 12.3. The highest BCUT2D eigenvalue weighted by atomic mass is 32.1. The first-order valence-electron chi connectivity index (χ1n) is 8.78. The lowest BCUT2D eigenvalue weighted by Crippen LogP contribution is -2.55. The zero-order valence-corrected chi connectivity index (χ0v) is 16.0. The summed E-state index contributed by atoms with van der Waals surface area (Å²) in [5.41, 5.74) is 4.01. The van der Waals surface area contributed by atoms with Crippen molar-refractivity contribution in [3.63, 3.8) is 0 Å². The fraction of sp³-hybridized carbons (Fsp3) is 0.450. The molecule has 1 unspecified atom stereocenters. The Morgan fingerprint density at radius 1 is 1.24 bits per heavy atom. The van der Waals surface area contributed by atoms with Crippen LogP contribution in [0.2, 0.25) is 0 Å². The highest BCUT2D eigenvalue weighted by Gasteiger charge is 2.39. The van der Waals surface area contributed by atoms with Crippen LogP contribution in [0.15, 0.2) is 41.1 Å². The number of thiophene rings is 1. The minimum atomic E-state index is -0.0834. The Hall–Kier alpha value is -1.85. The lowest BCUT2D eigenvalue weighted by Gasteiger charge is -2.36. The van der Waals surface area contributed by atoms with Gasteiger partial charge in [-0.25, -0.2) is 4.79 Å². The van der Waals surface area contributed by atoms with E-state index in [9.17, 15) is 4.79 Å². The van der Waals surface area contributed by atoms with Crippen molar-refractivity contribution in [3.8, 4) is 0 Å². The Morgan fingerprint density at radius 2 is 1.92 bits per heavy atom. The molecular formula is C20H27N3OS. The van der Waals surface area contributed by atoms with Gasteiger partial charge in [-0.1, -0.05) is 24.3 Å². The summed E-state index contributed by atoms with van der Waals surface area (Å²) in [6.07, 6.45) is 2.81. The second kappa shape index (κ2) is 7.58. The molecule has 4 nitrogen and oxygen atoms in total. The van der Waals surface area contributed by atoms with E-state index in [2.05, 4.69) is 70.7 Å². The molecule has 1 heterocycles. The van der Waals surface area contributed by atoms with Gasteiger partial charge in [0.1, 0.15) is 0 Å². The number of benzene rings is 1. The van der Waals surface area contributed by atoms with Crippen LogP contribution in [0.3, 0.4) is 0 Å².